The fourth-order valence-corrected chi connectivity index (χ4v) is 3.16. The lowest BCUT2D eigenvalue weighted by Crippen LogP contribution is -2.33. The van der Waals surface area contributed by atoms with E-state index in [1.54, 1.807) is 18.4 Å². The molecule has 0 atom stereocenters. The highest BCUT2D eigenvalue weighted by Gasteiger charge is 2.35. The average molecular weight is 240 g/mol. The number of nitrogens with zero attached hydrogens (tertiary/aromatic N) is 1. The van der Waals surface area contributed by atoms with Crippen LogP contribution in [0.1, 0.15) is 50.2 Å². The molecule has 1 fully saturated rings. The van der Waals surface area contributed by atoms with Gasteiger partial charge in [0, 0.05) is 12.5 Å². The van der Waals surface area contributed by atoms with Gasteiger partial charge in [-0.3, -0.25) is 0 Å². The lowest BCUT2D eigenvalue weighted by atomic mass is 9.96. The van der Waals surface area contributed by atoms with Crippen molar-refractivity contribution in [2.45, 2.75) is 50.7 Å². The van der Waals surface area contributed by atoms with Crippen LogP contribution in [0.15, 0.2) is 5.38 Å². The van der Waals surface area contributed by atoms with E-state index >= 15 is 0 Å². The summed E-state index contributed by atoms with van der Waals surface area (Å²) in [5.41, 5.74) is 6.94. The summed E-state index contributed by atoms with van der Waals surface area (Å²) in [6.07, 6.45) is 4.56. The van der Waals surface area contributed by atoms with E-state index in [0.29, 0.717) is 0 Å². The van der Waals surface area contributed by atoms with Gasteiger partial charge in [-0.1, -0.05) is 12.8 Å². The fourth-order valence-electron chi connectivity index (χ4n) is 2.13. The molecule has 3 nitrogen and oxygen atoms in total. The standard InChI is InChI=1S/C12H20N2OS/c1-11(2,15-3)10-14-9(8-16-10)12(13)6-4-5-7-12/h8H,4-7,13H2,1-3H3. The second kappa shape index (κ2) is 4.09. The lowest BCUT2D eigenvalue weighted by molar-refractivity contribution is 0.0188. The molecule has 2 N–H and O–H groups in total. The minimum Gasteiger partial charge on any atom is -0.372 e. The summed E-state index contributed by atoms with van der Waals surface area (Å²) in [4.78, 5) is 4.68. The molecule has 1 heterocycles. The number of hydrogen-bond acceptors (Lipinski definition) is 4. The number of aromatic nitrogens is 1. The van der Waals surface area contributed by atoms with Gasteiger partial charge in [-0.05, 0) is 26.7 Å². The highest BCUT2D eigenvalue weighted by Crippen LogP contribution is 2.38. The molecule has 1 aliphatic carbocycles. The Morgan fingerprint density at radius 3 is 2.62 bits per heavy atom. The first-order valence-corrected chi connectivity index (χ1v) is 6.66. The van der Waals surface area contributed by atoms with Gasteiger partial charge in [0.2, 0.25) is 0 Å². The molecule has 0 bridgehead atoms. The summed E-state index contributed by atoms with van der Waals surface area (Å²) >= 11 is 1.65. The third-order valence-corrected chi connectivity index (χ3v) is 4.68. The quantitative estimate of drug-likeness (QED) is 0.883. The van der Waals surface area contributed by atoms with E-state index in [1.807, 2.05) is 13.8 Å². The van der Waals surface area contributed by atoms with Crippen LogP contribution in [0.3, 0.4) is 0 Å². The van der Waals surface area contributed by atoms with Gasteiger partial charge < -0.3 is 10.5 Å². The molecule has 0 amide bonds. The van der Waals surface area contributed by atoms with Crippen LogP contribution in [-0.4, -0.2) is 12.1 Å². The van der Waals surface area contributed by atoms with Crippen molar-refractivity contribution in [2.75, 3.05) is 7.11 Å². The SMILES string of the molecule is COC(C)(C)c1nc(C2(N)CCCC2)cs1. The van der Waals surface area contributed by atoms with Crippen LogP contribution >= 0.6 is 11.3 Å². The van der Waals surface area contributed by atoms with Crippen LogP contribution in [0.5, 0.6) is 0 Å². The van der Waals surface area contributed by atoms with Crippen molar-refractivity contribution in [3.05, 3.63) is 16.1 Å². The summed E-state index contributed by atoms with van der Waals surface area (Å²) in [5.74, 6) is 0. The Balaban J connectivity index is 2.26. The minimum absolute atomic E-state index is 0.182. The largest absolute Gasteiger partial charge is 0.372 e. The summed E-state index contributed by atoms with van der Waals surface area (Å²) < 4.78 is 5.44. The van der Waals surface area contributed by atoms with Crippen LogP contribution in [0.2, 0.25) is 0 Å². The van der Waals surface area contributed by atoms with Gasteiger partial charge in [0.15, 0.2) is 0 Å². The zero-order valence-electron chi connectivity index (χ0n) is 10.2. The Morgan fingerprint density at radius 1 is 1.44 bits per heavy atom. The van der Waals surface area contributed by atoms with Gasteiger partial charge in [-0.25, -0.2) is 4.98 Å². The fraction of sp³-hybridized carbons (Fsp3) is 0.750. The van der Waals surface area contributed by atoms with Gasteiger partial charge in [-0.2, -0.15) is 0 Å². The predicted molar refractivity (Wildman–Crippen MR) is 66.5 cm³/mol. The highest BCUT2D eigenvalue weighted by molar-refractivity contribution is 7.09. The zero-order valence-corrected chi connectivity index (χ0v) is 11.1. The predicted octanol–water partition coefficient (Wildman–Crippen LogP) is 2.75. The number of rotatable bonds is 3. The van der Waals surface area contributed by atoms with E-state index in [0.717, 1.165) is 23.5 Å². The van der Waals surface area contributed by atoms with Gasteiger partial charge in [-0.15, -0.1) is 11.3 Å². The zero-order chi connectivity index (χ0) is 11.8. The molecular formula is C12H20N2OS. The number of hydrogen-bond donors (Lipinski definition) is 1. The topological polar surface area (TPSA) is 48.1 Å². The normalized spacial score (nSPS) is 20.2. The van der Waals surface area contributed by atoms with Gasteiger partial charge >= 0.3 is 0 Å². The Kier molecular flexibility index (Phi) is 3.07. The van der Waals surface area contributed by atoms with E-state index < -0.39 is 0 Å². The molecule has 1 aliphatic rings. The van der Waals surface area contributed by atoms with Crippen molar-refractivity contribution in [1.82, 2.24) is 4.98 Å². The number of nitrogens with two attached hydrogens (primary N) is 1. The molecule has 0 aromatic carbocycles. The maximum atomic E-state index is 6.38. The Hall–Kier alpha value is -0.450. The summed E-state index contributed by atoms with van der Waals surface area (Å²) in [6.45, 7) is 4.07. The molecule has 2 rings (SSSR count). The van der Waals surface area contributed by atoms with Crippen molar-refractivity contribution in [2.24, 2.45) is 5.73 Å². The molecular weight excluding hydrogens is 220 g/mol. The van der Waals surface area contributed by atoms with E-state index in [1.165, 1.54) is 12.8 Å². The monoisotopic (exact) mass is 240 g/mol. The average Bonchev–Trinajstić information content (AvgIpc) is 2.86. The maximum absolute atomic E-state index is 6.38. The molecule has 0 saturated heterocycles. The third-order valence-electron chi connectivity index (χ3n) is 3.54. The van der Waals surface area contributed by atoms with Crippen LogP contribution < -0.4 is 5.73 Å². The first-order valence-electron chi connectivity index (χ1n) is 5.78. The molecule has 1 aromatic heterocycles. The van der Waals surface area contributed by atoms with Crippen molar-refractivity contribution >= 4 is 11.3 Å². The smallest absolute Gasteiger partial charge is 0.124 e. The van der Waals surface area contributed by atoms with Gasteiger partial charge in [0.25, 0.3) is 0 Å². The summed E-state index contributed by atoms with van der Waals surface area (Å²) in [6, 6.07) is 0. The summed E-state index contributed by atoms with van der Waals surface area (Å²) in [5, 5.41) is 3.11. The van der Waals surface area contributed by atoms with Gasteiger partial charge in [0.1, 0.15) is 10.6 Å². The van der Waals surface area contributed by atoms with Crippen LogP contribution in [0.25, 0.3) is 0 Å². The molecule has 0 unspecified atom stereocenters. The van der Waals surface area contributed by atoms with E-state index in [-0.39, 0.29) is 11.1 Å². The Bertz CT molecular complexity index is 367. The van der Waals surface area contributed by atoms with Crippen LogP contribution in [0, 0.1) is 0 Å². The van der Waals surface area contributed by atoms with Crippen molar-refractivity contribution in [3.8, 4) is 0 Å². The number of methoxy groups -OCH3 is 1. The van der Waals surface area contributed by atoms with Crippen molar-refractivity contribution in [3.63, 3.8) is 0 Å². The Labute approximate surface area is 101 Å². The minimum atomic E-state index is -0.308. The Morgan fingerprint density at radius 2 is 2.06 bits per heavy atom. The second-order valence-electron chi connectivity index (χ2n) is 5.12. The molecule has 1 saturated carbocycles. The molecule has 4 heteroatoms. The van der Waals surface area contributed by atoms with Gasteiger partial charge in [0.05, 0.1) is 11.2 Å². The van der Waals surface area contributed by atoms with E-state index in [4.69, 9.17) is 10.5 Å². The number of thiazole rings is 1. The maximum Gasteiger partial charge on any atom is 0.124 e. The summed E-state index contributed by atoms with van der Waals surface area (Å²) in [7, 11) is 1.72. The molecule has 16 heavy (non-hydrogen) atoms. The highest BCUT2D eigenvalue weighted by atomic mass is 32.1. The number of ether oxygens (including phenoxy) is 1. The van der Waals surface area contributed by atoms with Crippen LogP contribution in [-0.2, 0) is 15.9 Å². The lowest BCUT2D eigenvalue weighted by Gasteiger charge is -2.22. The van der Waals surface area contributed by atoms with Crippen LogP contribution in [0.4, 0.5) is 0 Å². The third kappa shape index (κ3) is 2.01. The van der Waals surface area contributed by atoms with Crippen molar-refractivity contribution in [1.29, 1.82) is 0 Å². The molecule has 0 radical (unpaired) electrons. The van der Waals surface area contributed by atoms with E-state index in [2.05, 4.69) is 10.4 Å². The first-order chi connectivity index (χ1) is 7.48. The molecule has 1 aromatic rings. The second-order valence-corrected chi connectivity index (χ2v) is 5.97. The first kappa shape index (κ1) is 12.0. The molecule has 0 aliphatic heterocycles. The van der Waals surface area contributed by atoms with E-state index in [9.17, 15) is 0 Å². The molecule has 90 valence electrons. The van der Waals surface area contributed by atoms with Crippen molar-refractivity contribution < 1.29 is 4.74 Å². The molecule has 0 spiro atoms.